The lowest BCUT2D eigenvalue weighted by Gasteiger charge is -2.42. The van der Waals surface area contributed by atoms with Crippen molar-refractivity contribution < 1.29 is 118 Å². The molecular formula is C72H124N16O24. The Morgan fingerprint density at radius 3 is 1.26 bits per heavy atom. The summed E-state index contributed by atoms with van der Waals surface area (Å²) in [4.78, 5) is 158. The summed E-state index contributed by atoms with van der Waals surface area (Å²) in [6, 6.07) is -2.85. The zero-order valence-corrected chi connectivity index (χ0v) is 65.1. The number of piperazine rings is 1. The van der Waals surface area contributed by atoms with Gasteiger partial charge in [0, 0.05) is 202 Å². The zero-order chi connectivity index (χ0) is 82.1. The van der Waals surface area contributed by atoms with Crippen LogP contribution in [0.2, 0.25) is 0 Å². The molecule has 2 aliphatic carbocycles. The van der Waals surface area contributed by atoms with Crippen molar-refractivity contribution >= 4 is 82.7 Å². The minimum Gasteiger partial charge on any atom is -0.396 e. The Hall–Kier alpha value is -7.74. The standard InChI is InChI=1S/C72H124N16O24/c1-44(92)15-11-19-59(102)86-32-34-88(35-33-86)72-84-70(79-29-20-56(99)76-26-12-23-73-53(96)16-5-8-36-109-50-39-48(41-89)63(103)66(106)60(50)80-45(2)93)83-71(85-72)87(30-21-57(100)77-27-13-24-74-54(97)17-6-9-37-110-51-40-49(42-90)64(104)67(107)61(51)81-46(3)94)31-22-58(101)78-28-14-25-75-55(98)18-7-10-38-111-69-62(82-47(4)95)68(108)65(105)52(43-91)112-69/h48-52,60-69,89-91,103-108H,5-43H2,1-4H3,(H,73,96)(H,74,97)(H,75,98)(H,76,99)(H,77,100)(H,78,101)(H,80,93)(H,81,94)(H,82,95)(H,79,83,84,85). The molecule has 2 saturated carbocycles. The number of ether oxygens (including phenoxy) is 4. The van der Waals surface area contributed by atoms with Crippen LogP contribution in [0.1, 0.15) is 156 Å². The van der Waals surface area contributed by atoms with Gasteiger partial charge in [0.1, 0.15) is 42.3 Å². The van der Waals surface area contributed by atoms with Gasteiger partial charge in [0.2, 0.25) is 76.9 Å². The predicted molar refractivity (Wildman–Crippen MR) is 402 cm³/mol. The summed E-state index contributed by atoms with van der Waals surface area (Å²) in [5, 5.41) is 120. The molecule has 15 unspecified atom stereocenters. The average Bonchev–Trinajstić information content (AvgIpc) is 0.828. The normalized spacial score (nSPS) is 24.3. The van der Waals surface area contributed by atoms with Crippen molar-refractivity contribution in [1.82, 2.24) is 67.7 Å². The number of nitrogens with one attached hydrogen (secondary N) is 10. The first-order valence-electron chi connectivity index (χ1n) is 39.2. The number of rotatable bonds is 52. The van der Waals surface area contributed by atoms with Crippen LogP contribution in [0.15, 0.2) is 0 Å². The highest BCUT2D eigenvalue weighted by Gasteiger charge is 2.47. The molecule has 1 aromatic heterocycles. The minimum atomic E-state index is -1.47. The highest BCUT2D eigenvalue weighted by Crippen LogP contribution is 2.31. The summed E-state index contributed by atoms with van der Waals surface area (Å²) in [7, 11) is 0. The summed E-state index contributed by atoms with van der Waals surface area (Å²) in [6.45, 7) is 7.06. The van der Waals surface area contributed by atoms with Crippen molar-refractivity contribution in [3.8, 4) is 0 Å². The number of Topliss-reactive ketones (excluding diaryl/α,β-unsaturated/α-hetero) is 1. The Balaban J connectivity index is 1.15. The van der Waals surface area contributed by atoms with Crippen LogP contribution in [-0.2, 0) is 71.7 Å². The first-order chi connectivity index (χ1) is 53.6. The molecule has 5 rings (SSSR count). The molecule has 40 heteroatoms. The minimum absolute atomic E-state index is 0.00104. The van der Waals surface area contributed by atoms with E-state index in [4.69, 9.17) is 33.9 Å². The smallest absolute Gasteiger partial charge is 0.232 e. The number of unbranched alkanes of at least 4 members (excludes halogenated alkanes) is 3. The third kappa shape index (κ3) is 34.5. The number of anilines is 3. The third-order valence-electron chi connectivity index (χ3n) is 19.6. The molecule has 112 heavy (non-hydrogen) atoms. The molecule has 0 radical (unpaired) electrons. The Kier molecular flexibility index (Phi) is 43.9. The van der Waals surface area contributed by atoms with Crippen molar-refractivity contribution in [2.24, 2.45) is 11.8 Å². The summed E-state index contributed by atoms with van der Waals surface area (Å²) < 4.78 is 23.2. The van der Waals surface area contributed by atoms with Gasteiger partial charge >= 0.3 is 0 Å². The molecule has 10 amide bonds. The Labute approximate surface area is 652 Å². The van der Waals surface area contributed by atoms with Crippen molar-refractivity contribution in [1.29, 1.82) is 0 Å². The van der Waals surface area contributed by atoms with E-state index in [1.165, 1.54) is 27.7 Å². The van der Waals surface area contributed by atoms with Gasteiger partial charge in [0.25, 0.3) is 0 Å². The monoisotopic (exact) mass is 1600 g/mol. The first kappa shape index (κ1) is 94.9. The van der Waals surface area contributed by atoms with Crippen LogP contribution in [0, 0.1) is 11.8 Å². The lowest BCUT2D eigenvalue weighted by Crippen LogP contribution is -2.64. The van der Waals surface area contributed by atoms with Crippen LogP contribution in [-0.4, -0.2) is 335 Å². The lowest BCUT2D eigenvalue weighted by atomic mass is 9.79. The van der Waals surface area contributed by atoms with Gasteiger partial charge in [0.05, 0.1) is 43.1 Å². The molecule has 4 aliphatic rings. The zero-order valence-electron chi connectivity index (χ0n) is 65.1. The fourth-order valence-corrected chi connectivity index (χ4v) is 13.3. The van der Waals surface area contributed by atoms with E-state index in [0.29, 0.717) is 90.4 Å². The van der Waals surface area contributed by atoms with Gasteiger partial charge < -0.3 is 138 Å². The van der Waals surface area contributed by atoms with Gasteiger partial charge in [-0.1, -0.05) is 0 Å². The van der Waals surface area contributed by atoms with E-state index in [2.05, 4.69) is 53.2 Å². The molecule has 2 saturated heterocycles. The maximum absolute atomic E-state index is 13.6. The maximum atomic E-state index is 13.6. The van der Waals surface area contributed by atoms with Crippen LogP contribution in [0.4, 0.5) is 17.8 Å². The highest BCUT2D eigenvalue weighted by molar-refractivity contribution is 5.80. The Bertz CT molecular complexity index is 2990. The van der Waals surface area contributed by atoms with E-state index in [-0.39, 0.29) is 221 Å². The molecule has 19 N–H and O–H groups in total. The molecule has 2 aliphatic heterocycles. The fourth-order valence-electron chi connectivity index (χ4n) is 13.3. The van der Waals surface area contributed by atoms with Crippen molar-refractivity contribution in [2.75, 3.05) is 140 Å². The molecule has 636 valence electrons. The summed E-state index contributed by atoms with van der Waals surface area (Å²) in [5.74, 6) is -4.12. The number of carbonyl (C=O) groups excluding carboxylic acids is 11. The van der Waals surface area contributed by atoms with Crippen molar-refractivity contribution in [3.05, 3.63) is 0 Å². The van der Waals surface area contributed by atoms with Crippen LogP contribution in [0.5, 0.6) is 0 Å². The Morgan fingerprint density at radius 2 is 0.839 bits per heavy atom. The fraction of sp³-hybridized carbons (Fsp3) is 0.806. The van der Waals surface area contributed by atoms with Gasteiger partial charge in [-0.15, -0.1) is 0 Å². The highest BCUT2D eigenvalue weighted by atomic mass is 16.7. The first-order valence-corrected chi connectivity index (χ1v) is 39.2. The van der Waals surface area contributed by atoms with E-state index in [9.17, 15) is 98.7 Å². The number of aliphatic hydroxyl groups excluding tert-OH is 9. The quantitative estimate of drug-likeness (QED) is 0.0270. The summed E-state index contributed by atoms with van der Waals surface area (Å²) >= 11 is 0. The second-order valence-corrected chi connectivity index (χ2v) is 28.8. The molecule has 4 fully saturated rings. The lowest BCUT2D eigenvalue weighted by molar-refractivity contribution is -0.270. The van der Waals surface area contributed by atoms with Crippen LogP contribution < -0.4 is 63.0 Å². The van der Waals surface area contributed by atoms with Gasteiger partial charge in [0.15, 0.2) is 6.29 Å². The van der Waals surface area contributed by atoms with Crippen molar-refractivity contribution in [2.45, 2.75) is 235 Å². The maximum Gasteiger partial charge on any atom is 0.232 e. The average molecular weight is 1600 g/mol. The number of aliphatic hydroxyl groups is 9. The topological polar surface area (TPSA) is 575 Å². The molecule has 1 aromatic rings. The molecule has 15 atom stereocenters. The molecule has 0 aromatic carbocycles. The largest absolute Gasteiger partial charge is 0.396 e. The van der Waals surface area contributed by atoms with E-state index in [1.54, 1.807) is 9.80 Å². The Morgan fingerprint density at radius 1 is 0.429 bits per heavy atom. The second kappa shape index (κ2) is 51.9. The number of nitrogens with zero attached hydrogens (tertiary/aromatic N) is 6. The number of aromatic nitrogens is 3. The molecular weight excluding hydrogens is 1470 g/mol. The number of hydrogen-bond acceptors (Lipinski definition) is 30. The van der Waals surface area contributed by atoms with Crippen LogP contribution in [0.25, 0.3) is 0 Å². The predicted octanol–water partition coefficient (Wildman–Crippen LogP) is -5.75. The SMILES string of the molecule is CC(=O)CCCC(=O)N1CCN(c2nc(NCCC(=O)NCCCNC(=O)CCCCOC3CC(CO)C(O)C(O)C3NC(C)=O)nc(N(CCC(=O)NCCCNC(=O)CCCCOC3CC(CO)C(O)C(O)C3NC(C)=O)CCC(=O)NCCCNC(=O)CCCCOC3OC(CO)C(O)C(O)C3NC(C)=O)n2)CC1. The van der Waals surface area contributed by atoms with Gasteiger partial charge in [-0.2, -0.15) is 15.0 Å². The molecule has 0 bridgehead atoms. The molecule has 0 spiro atoms. The van der Waals surface area contributed by atoms with E-state index < -0.39 is 116 Å². The third-order valence-corrected chi connectivity index (χ3v) is 19.6. The van der Waals surface area contributed by atoms with Crippen molar-refractivity contribution in [3.63, 3.8) is 0 Å². The van der Waals surface area contributed by atoms with E-state index in [1.807, 2.05) is 4.90 Å². The molecule has 40 nitrogen and oxygen atoms in total. The van der Waals surface area contributed by atoms with Crippen LogP contribution in [0.3, 0.4) is 0 Å². The van der Waals surface area contributed by atoms with Crippen LogP contribution >= 0.6 is 0 Å². The van der Waals surface area contributed by atoms with Gasteiger partial charge in [-0.25, -0.2) is 0 Å². The van der Waals surface area contributed by atoms with Gasteiger partial charge in [-0.05, 0) is 84.0 Å². The summed E-state index contributed by atoms with van der Waals surface area (Å²) in [6.07, 6.45) is -6.32. The number of hydrogen-bond donors (Lipinski definition) is 19. The van der Waals surface area contributed by atoms with Gasteiger partial charge in [-0.3, -0.25) is 47.9 Å². The van der Waals surface area contributed by atoms with E-state index in [0.717, 1.165) is 0 Å². The number of carbonyl (C=O) groups is 11. The number of amides is 10. The molecule has 3 heterocycles. The summed E-state index contributed by atoms with van der Waals surface area (Å²) in [5.41, 5.74) is 0. The second-order valence-electron chi connectivity index (χ2n) is 28.8. The number of ketones is 1. The van der Waals surface area contributed by atoms with E-state index >= 15 is 0 Å².